The number of anilines is 1. The van der Waals surface area contributed by atoms with Crippen molar-refractivity contribution in [2.75, 3.05) is 12.4 Å². The van der Waals surface area contributed by atoms with Crippen molar-refractivity contribution in [1.82, 2.24) is 0 Å². The Balaban J connectivity index is 2.19. The molecule has 0 aliphatic carbocycles. The molecule has 0 spiro atoms. The van der Waals surface area contributed by atoms with Crippen LogP contribution in [-0.4, -0.2) is 19.6 Å². The summed E-state index contributed by atoms with van der Waals surface area (Å²) in [6, 6.07) is 8.65. The van der Waals surface area contributed by atoms with Gasteiger partial charge in [-0.2, -0.15) is 8.78 Å². The number of benzene rings is 2. The average Bonchev–Trinajstić information content (AvgIpc) is 2.56. The second-order valence-electron chi connectivity index (χ2n) is 4.70. The first-order chi connectivity index (χ1) is 11.9. The lowest BCUT2D eigenvalue weighted by atomic mass is 10.1. The predicted molar refractivity (Wildman–Crippen MR) is 91.4 cm³/mol. The fourth-order valence-corrected chi connectivity index (χ4v) is 2.30. The SMILES string of the molecule is COc1cccc(/C=C/C(=O)Nc2ccc(Br)cc2F)c1OC(F)F. The Morgan fingerprint density at radius 1 is 1.28 bits per heavy atom. The van der Waals surface area contributed by atoms with Gasteiger partial charge in [0.05, 0.1) is 12.8 Å². The number of hydrogen-bond acceptors (Lipinski definition) is 3. The van der Waals surface area contributed by atoms with Crippen LogP contribution in [0.2, 0.25) is 0 Å². The maximum Gasteiger partial charge on any atom is 0.387 e. The average molecular weight is 416 g/mol. The van der Waals surface area contributed by atoms with E-state index in [0.717, 1.165) is 6.08 Å². The third-order valence-corrected chi connectivity index (χ3v) is 3.53. The Kier molecular flexibility index (Phi) is 6.46. The van der Waals surface area contributed by atoms with Gasteiger partial charge in [0.15, 0.2) is 11.5 Å². The minimum atomic E-state index is -3.05. The molecule has 2 aromatic rings. The van der Waals surface area contributed by atoms with Crippen LogP contribution in [0.25, 0.3) is 6.08 Å². The topological polar surface area (TPSA) is 47.6 Å². The van der Waals surface area contributed by atoms with Crippen LogP contribution in [0, 0.1) is 5.82 Å². The van der Waals surface area contributed by atoms with Crippen LogP contribution >= 0.6 is 15.9 Å². The third kappa shape index (κ3) is 5.25. The highest BCUT2D eigenvalue weighted by Gasteiger charge is 2.14. The number of halogens is 4. The summed E-state index contributed by atoms with van der Waals surface area (Å²) in [5.41, 5.74) is 0.207. The molecule has 0 unspecified atom stereocenters. The molecule has 0 heterocycles. The van der Waals surface area contributed by atoms with Crippen LogP contribution in [0.15, 0.2) is 46.9 Å². The van der Waals surface area contributed by atoms with Crippen molar-refractivity contribution in [3.05, 3.63) is 58.3 Å². The first-order valence-electron chi connectivity index (χ1n) is 6.96. The largest absolute Gasteiger partial charge is 0.493 e. The van der Waals surface area contributed by atoms with Gasteiger partial charge in [0.25, 0.3) is 0 Å². The summed E-state index contributed by atoms with van der Waals surface area (Å²) in [4.78, 5) is 11.9. The van der Waals surface area contributed by atoms with Crippen LogP contribution in [-0.2, 0) is 4.79 Å². The standard InChI is InChI=1S/C17H13BrF3NO3/c1-24-14-4-2-3-10(16(14)25-17(20)21)5-8-15(23)22-13-7-6-11(18)9-12(13)19/h2-9,17H,1H3,(H,22,23)/b8-5+. The van der Waals surface area contributed by atoms with E-state index in [1.165, 1.54) is 37.5 Å². The molecule has 8 heteroatoms. The summed E-state index contributed by atoms with van der Waals surface area (Å²) in [6.07, 6.45) is 2.35. The predicted octanol–water partition coefficient (Wildman–Crippen LogP) is 4.85. The highest BCUT2D eigenvalue weighted by molar-refractivity contribution is 9.10. The number of carbonyl (C=O) groups excluding carboxylic acids is 1. The smallest absolute Gasteiger partial charge is 0.387 e. The quantitative estimate of drug-likeness (QED) is 0.685. The van der Waals surface area contributed by atoms with Crippen molar-refractivity contribution in [2.24, 2.45) is 0 Å². The molecular formula is C17H13BrF3NO3. The van der Waals surface area contributed by atoms with Gasteiger partial charge in [0.2, 0.25) is 5.91 Å². The third-order valence-electron chi connectivity index (χ3n) is 3.04. The molecule has 4 nitrogen and oxygen atoms in total. The molecule has 2 rings (SSSR count). The van der Waals surface area contributed by atoms with E-state index in [1.807, 2.05) is 0 Å². The maximum absolute atomic E-state index is 13.7. The van der Waals surface area contributed by atoms with E-state index in [0.29, 0.717) is 4.47 Å². The number of para-hydroxylation sites is 1. The Morgan fingerprint density at radius 2 is 2.04 bits per heavy atom. The van der Waals surface area contributed by atoms with Gasteiger partial charge in [-0.05, 0) is 30.3 Å². The van der Waals surface area contributed by atoms with Gasteiger partial charge in [0, 0.05) is 16.1 Å². The van der Waals surface area contributed by atoms with E-state index < -0.39 is 18.3 Å². The first-order valence-corrected chi connectivity index (χ1v) is 7.76. The number of nitrogens with one attached hydrogen (secondary N) is 1. The molecule has 1 N–H and O–H groups in total. The highest BCUT2D eigenvalue weighted by Crippen LogP contribution is 2.33. The molecule has 2 aromatic carbocycles. The lowest BCUT2D eigenvalue weighted by molar-refractivity contribution is -0.111. The van der Waals surface area contributed by atoms with E-state index in [9.17, 15) is 18.0 Å². The zero-order chi connectivity index (χ0) is 18.4. The van der Waals surface area contributed by atoms with Crippen molar-refractivity contribution >= 4 is 33.6 Å². The van der Waals surface area contributed by atoms with Crippen LogP contribution in [0.5, 0.6) is 11.5 Å². The van der Waals surface area contributed by atoms with Crippen molar-refractivity contribution in [3.8, 4) is 11.5 Å². The van der Waals surface area contributed by atoms with Crippen molar-refractivity contribution in [2.45, 2.75) is 6.61 Å². The summed E-state index contributed by atoms with van der Waals surface area (Å²) in [5, 5.41) is 2.35. The normalized spacial score (nSPS) is 11.0. The highest BCUT2D eigenvalue weighted by atomic mass is 79.9. The number of methoxy groups -OCH3 is 1. The lowest BCUT2D eigenvalue weighted by Gasteiger charge is -2.12. The number of amides is 1. The van der Waals surface area contributed by atoms with Crippen LogP contribution in [0.3, 0.4) is 0 Å². The van der Waals surface area contributed by atoms with E-state index in [4.69, 9.17) is 4.74 Å². The Labute approximate surface area is 150 Å². The van der Waals surface area contributed by atoms with Gasteiger partial charge >= 0.3 is 6.61 Å². The minimum Gasteiger partial charge on any atom is -0.493 e. The molecule has 0 saturated heterocycles. The van der Waals surface area contributed by atoms with Crippen molar-refractivity contribution in [1.29, 1.82) is 0 Å². The maximum atomic E-state index is 13.7. The van der Waals surface area contributed by atoms with Gasteiger partial charge < -0.3 is 14.8 Å². The fourth-order valence-electron chi connectivity index (χ4n) is 1.97. The van der Waals surface area contributed by atoms with Crippen LogP contribution in [0.4, 0.5) is 18.9 Å². The molecule has 0 aromatic heterocycles. The zero-order valence-electron chi connectivity index (χ0n) is 12.9. The van der Waals surface area contributed by atoms with Gasteiger partial charge in [0.1, 0.15) is 5.82 Å². The molecule has 0 atom stereocenters. The lowest BCUT2D eigenvalue weighted by Crippen LogP contribution is -2.09. The van der Waals surface area contributed by atoms with E-state index in [2.05, 4.69) is 26.0 Å². The molecule has 0 bridgehead atoms. The molecule has 132 valence electrons. The Bertz CT molecular complexity index is 797. The summed E-state index contributed by atoms with van der Waals surface area (Å²) in [6.45, 7) is -3.05. The minimum absolute atomic E-state index is 0.00690. The fraction of sp³-hybridized carbons (Fsp3) is 0.118. The summed E-state index contributed by atoms with van der Waals surface area (Å²) >= 11 is 3.11. The second-order valence-corrected chi connectivity index (χ2v) is 5.62. The number of carbonyl (C=O) groups is 1. The number of rotatable bonds is 6. The monoisotopic (exact) mass is 415 g/mol. The molecule has 25 heavy (non-hydrogen) atoms. The summed E-state index contributed by atoms with van der Waals surface area (Å²) in [5.74, 6) is -1.34. The van der Waals surface area contributed by atoms with E-state index >= 15 is 0 Å². The summed E-state index contributed by atoms with van der Waals surface area (Å²) < 4.78 is 48.7. The Morgan fingerprint density at radius 3 is 2.68 bits per heavy atom. The first kappa shape index (κ1) is 18.9. The Hall–Kier alpha value is -2.48. The van der Waals surface area contributed by atoms with Gasteiger partial charge in [-0.15, -0.1) is 0 Å². The zero-order valence-corrected chi connectivity index (χ0v) is 14.5. The van der Waals surface area contributed by atoms with Crippen LogP contribution < -0.4 is 14.8 Å². The van der Waals surface area contributed by atoms with Crippen LogP contribution in [0.1, 0.15) is 5.56 Å². The van der Waals surface area contributed by atoms with Crippen molar-refractivity contribution < 1.29 is 27.4 Å². The summed E-state index contributed by atoms with van der Waals surface area (Å²) in [7, 11) is 1.31. The molecule has 0 aliphatic rings. The molecule has 1 amide bonds. The number of ether oxygens (including phenoxy) is 2. The molecule has 0 aliphatic heterocycles. The number of hydrogen-bond donors (Lipinski definition) is 1. The van der Waals surface area contributed by atoms with Gasteiger partial charge in [-0.1, -0.05) is 28.1 Å². The van der Waals surface area contributed by atoms with E-state index in [1.54, 1.807) is 12.1 Å². The second kappa shape index (κ2) is 8.57. The van der Waals surface area contributed by atoms with E-state index in [-0.39, 0.29) is 22.7 Å². The molecule has 0 radical (unpaired) electrons. The molecule has 0 saturated carbocycles. The number of alkyl halides is 2. The molecular weight excluding hydrogens is 403 g/mol. The van der Waals surface area contributed by atoms with Gasteiger partial charge in [-0.25, -0.2) is 4.39 Å². The van der Waals surface area contributed by atoms with Gasteiger partial charge in [-0.3, -0.25) is 4.79 Å². The van der Waals surface area contributed by atoms with Crippen molar-refractivity contribution in [3.63, 3.8) is 0 Å². The molecule has 0 fully saturated rings.